The van der Waals surface area contributed by atoms with Gasteiger partial charge in [-0.15, -0.1) is 0 Å². The van der Waals surface area contributed by atoms with E-state index in [4.69, 9.17) is 0 Å². The molecule has 3 rings (SSSR count). The lowest BCUT2D eigenvalue weighted by atomic mass is 10.1. The van der Waals surface area contributed by atoms with Gasteiger partial charge >= 0.3 is 0 Å². The van der Waals surface area contributed by atoms with E-state index in [1.165, 1.54) is 12.1 Å². The van der Waals surface area contributed by atoms with Gasteiger partial charge in [0.1, 0.15) is 6.04 Å². The summed E-state index contributed by atoms with van der Waals surface area (Å²) in [6.07, 6.45) is 2.33. The normalized spacial score (nSPS) is 12.5. The van der Waals surface area contributed by atoms with Crippen molar-refractivity contribution >= 4 is 27.7 Å². The molecule has 0 fully saturated rings. The highest BCUT2D eigenvalue weighted by atomic mass is 32.2. The van der Waals surface area contributed by atoms with E-state index in [0.717, 1.165) is 22.5 Å². The van der Waals surface area contributed by atoms with Crippen molar-refractivity contribution in [3.8, 4) is 0 Å². The molecular formula is C24H30N4O3S2. The zero-order valence-corrected chi connectivity index (χ0v) is 20.7. The molecule has 0 bridgehead atoms. The number of aryl methyl sites for hydroxylation is 2. The van der Waals surface area contributed by atoms with Crippen molar-refractivity contribution in [1.29, 1.82) is 0 Å². The van der Waals surface area contributed by atoms with Crippen molar-refractivity contribution in [3.63, 3.8) is 0 Å². The third-order valence-electron chi connectivity index (χ3n) is 5.17. The third kappa shape index (κ3) is 7.18. The first-order valence-electron chi connectivity index (χ1n) is 10.7. The molecule has 0 saturated carbocycles. The van der Waals surface area contributed by atoms with Gasteiger partial charge in [0.2, 0.25) is 15.9 Å². The average Bonchev–Trinajstić information content (AvgIpc) is 3.12. The first-order valence-corrected chi connectivity index (χ1v) is 13.6. The van der Waals surface area contributed by atoms with Gasteiger partial charge in [-0.2, -0.15) is 21.6 Å². The topological polar surface area (TPSA) is 93.1 Å². The zero-order chi connectivity index (χ0) is 23.8. The SMILES string of the molecule is CSCCC(NS(=O)(=O)c1ccccc1)C(=O)NCc1cccc(Cn2nc(C)cc2C)c1. The van der Waals surface area contributed by atoms with Crippen molar-refractivity contribution in [2.45, 2.75) is 44.3 Å². The van der Waals surface area contributed by atoms with Crippen LogP contribution >= 0.6 is 11.8 Å². The van der Waals surface area contributed by atoms with Crippen LogP contribution in [0.2, 0.25) is 0 Å². The lowest BCUT2D eigenvalue weighted by molar-refractivity contribution is -0.122. The Kier molecular flexibility index (Phi) is 8.71. The van der Waals surface area contributed by atoms with Crippen LogP contribution in [0.3, 0.4) is 0 Å². The summed E-state index contributed by atoms with van der Waals surface area (Å²) in [6.45, 7) is 4.95. The van der Waals surface area contributed by atoms with Gasteiger partial charge in [0.25, 0.3) is 0 Å². The van der Waals surface area contributed by atoms with E-state index in [2.05, 4.69) is 15.1 Å². The number of nitrogens with one attached hydrogen (secondary N) is 2. The van der Waals surface area contributed by atoms with E-state index >= 15 is 0 Å². The van der Waals surface area contributed by atoms with Crippen LogP contribution in [0, 0.1) is 13.8 Å². The molecule has 3 aromatic rings. The lowest BCUT2D eigenvalue weighted by Gasteiger charge is -2.18. The molecule has 7 nitrogen and oxygen atoms in total. The van der Waals surface area contributed by atoms with Gasteiger partial charge in [0.15, 0.2) is 0 Å². The molecule has 1 atom stereocenters. The number of amides is 1. The Morgan fingerprint density at radius 3 is 2.45 bits per heavy atom. The first kappa shape index (κ1) is 25.0. The molecule has 1 unspecified atom stereocenters. The Bertz CT molecular complexity index is 1180. The van der Waals surface area contributed by atoms with Crippen molar-refractivity contribution in [2.75, 3.05) is 12.0 Å². The Morgan fingerprint density at radius 2 is 1.79 bits per heavy atom. The molecule has 0 saturated heterocycles. The average molecular weight is 487 g/mol. The standard InChI is InChI=1S/C24H30N4O3S2/c1-18-14-19(2)28(26-18)17-21-9-7-8-20(15-21)16-25-24(29)23(12-13-32-3)27-33(30,31)22-10-5-4-6-11-22/h4-11,14-15,23,27H,12-13,16-17H2,1-3H3,(H,25,29). The maximum Gasteiger partial charge on any atom is 0.241 e. The number of carbonyl (C=O) groups is 1. The predicted molar refractivity (Wildman–Crippen MR) is 133 cm³/mol. The summed E-state index contributed by atoms with van der Waals surface area (Å²) in [6, 6.07) is 17.2. The Labute approximate surface area is 200 Å². The summed E-state index contributed by atoms with van der Waals surface area (Å²) in [5.74, 6) is 0.320. The van der Waals surface area contributed by atoms with Gasteiger partial charge in [-0.1, -0.05) is 42.5 Å². The summed E-state index contributed by atoms with van der Waals surface area (Å²) in [7, 11) is -3.79. The Hall–Kier alpha value is -2.62. The molecule has 9 heteroatoms. The molecule has 2 N–H and O–H groups in total. The smallest absolute Gasteiger partial charge is 0.241 e. The number of benzene rings is 2. The quantitative estimate of drug-likeness (QED) is 0.434. The molecule has 33 heavy (non-hydrogen) atoms. The molecule has 0 spiro atoms. The fraction of sp³-hybridized carbons (Fsp3) is 0.333. The van der Waals surface area contributed by atoms with Crippen molar-refractivity contribution in [1.82, 2.24) is 19.8 Å². The number of aromatic nitrogens is 2. The largest absolute Gasteiger partial charge is 0.351 e. The third-order valence-corrected chi connectivity index (χ3v) is 7.30. The van der Waals surface area contributed by atoms with E-state index < -0.39 is 16.1 Å². The highest BCUT2D eigenvalue weighted by Gasteiger charge is 2.25. The molecular weight excluding hydrogens is 456 g/mol. The van der Waals surface area contributed by atoms with Gasteiger partial charge < -0.3 is 5.32 Å². The van der Waals surface area contributed by atoms with Gasteiger partial charge in [-0.05, 0) is 61.6 Å². The van der Waals surface area contributed by atoms with Crippen LogP contribution in [-0.2, 0) is 27.9 Å². The van der Waals surface area contributed by atoms with Crippen molar-refractivity contribution in [3.05, 3.63) is 83.2 Å². The Balaban J connectivity index is 1.66. The molecule has 1 heterocycles. The van der Waals surface area contributed by atoms with Crippen molar-refractivity contribution in [2.24, 2.45) is 0 Å². The molecule has 1 amide bonds. The number of sulfonamides is 1. The molecule has 2 aromatic carbocycles. The minimum atomic E-state index is -3.79. The minimum Gasteiger partial charge on any atom is -0.351 e. The highest BCUT2D eigenvalue weighted by molar-refractivity contribution is 7.98. The first-order chi connectivity index (χ1) is 15.8. The number of carbonyl (C=O) groups excluding carboxylic acids is 1. The lowest BCUT2D eigenvalue weighted by Crippen LogP contribution is -2.46. The van der Waals surface area contributed by atoms with Crippen LogP contribution in [0.25, 0.3) is 0 Å². The second-order valence-corrected chi connectivity index (χ2v) is 10.6. The van der Waals surface area contributed by atoms with E-state index in [1.54, 1.807) is 30.0 Å². The summed E-state index contributed by atoms with van der Waals surface area (Å²) < 4.78 is 30.0. The van der Waals surface area contributed by atoms with E-state index in [9.17, 15) is 13.2 Å². The predicted octanol–water partition coefficient (Wildman–Crippen LogP) is 3.26. The zero-order valence-electron chi connectivity index (χ0n) is 19.1. The second kappa shape index (κ2) is 11.5. The van der Waals surface area contributed by atoms with Crippen LogP contribution in [0.15, 0.2) is 65.6 Å². The number of nitrogens with zero attached hydrogens (tertiary/aromatic N) is 2. The van der Waals surface area contributed by atoms with Crippen LogP contribution in [0.4, 0.5) is 0 Å². The number of hydrogen-bond acceptors (Lipinski definition) is 5. The fourth-order valence-corrected chi connectivity index (χ4v) is 5.21. The van der Waals surface area contributed by atoms with Crippen LogP contribution < -0.4 is 10.0 Å². The molecule has 0 aliphatic carbocycles. The molecule has 0 aliphatic rings. The van der Waals surface area contributed by atoms with Gasteiger partial charge in [-0.25, -0.2) is 8.42 Å². The molecule has 1 aromatic heterocycles. The van der Waals surface area contributed by atoms with Crippen LogP contribution in [0.1, 0.15) is 28.9 Å². The number of rotatable bonds is 11. The van der Waals surface area contributed by atoms with Crippen LogP contribution in [0.5, 0.6) is 0 Å². The van der Waals surface area contributed by atoms with E-state index in [-0.39, 0.29) is 10.8 Å². The number of hydrogen-bond donors (Lipinski definition) is 2. The summed E-state index contributed by atoms with van der Waals surface area (Å²) >= 11 is 1.57. The summed E-state index contributed by atoms with van der Waals surface area (Å²) in [5.41, 5.74) is 4.09. The highest BCUT2D eigenvalue weighted by Crippen LogP contribution is 2.12. The van der Waals surface area contributed by atoms with Gasteiger partial charge in [0, 0.05) is 12.2 Å². The molecule has 0 aliphatic heterocycles. The summed E-state index contributed by atoms with van der Waals surface area (Å²) in [5, 5.41) is 7.39. The van der Waals surface area contributed by atoms with E-state index in [1.807, 2.05) is 55.1 Å². The number of thioether (sulfide) groups is 1. The Morgan fingerprint density at radius 1 is 1.06 bits per heavy atom. The monoisotopic (exact) mass is 486 g/mol. The maximum absolute atomic E-state index is 12.9. The summed E-state index contributed by atoms with van der Waals surface area (Å²) in [4.78, 5) is 13.0. The second-order valence-electron chi connectivity index (χ2n) is 7.89. The maximum atomic E-state index is 12.9. The fourth-order valence-electron chi connectivity index (χ4n) is 3.49. The van der Waals surface area contributed by atoms with Gasteiger partial charge in [-0.3, -0.25) is 9.48 Å². The van der Waals surface area contributed by atoms with Crippen LogP contribution in [-0.4, -0.2) is 42.2 Å². The van der Waals surface area contributed by atoms with Gasteiger partial charge in [0.05, 0.1) is 17.1 Å². The van der Waals surface area contributed by atoms with Crippen molar-refractivity contribution < 1.29 is 13.2 Å². The van der Waals surface area contributed by atoms with E-state index in [0.29, 0.717) is 25.3 Å². The minimum absolute atomic E-state index is 0.142. The molecule has 176 valence electrons. The molecule has 0 radical (unpaired) electrons.